The second kappa shape index (κ2) is 5.67. The van der Waals surface area contributed by atoms with Crippen LogP contribution in [0.3, 0.4) is 0 Å². The maximum absolute atomic E-state index is 10.7. The first-order valence-electron chi connectivity index (χ1n) is 5.96. The standard InChI is InChI=1S/C12H16BrN3O2/c1-15(8-9-3-2-6-14-9)12-5-4-10(16(17)18)7-11(12)13/h4-5,7,9,14H,2-3,6,8H2,1H3. The van der Waals surface area contributed by atoms with Crippen molar-refractivity contribution >= 4 is 27.3 Å². The lowest BCUT2D eigenvalue weighted by Crippen LogP contribution is -2.35. The molecule has 0 saturated carbocycles. The van der Waals surface area contributed by atoms with Gasteiger partial charge in [0.15, 0.2) is 0 Å². The van der Waals surface area contributed by atoms with Crippen molar-refractivity contribution in [1.29, 1.82) is 0 Å². The second-order valence-corrected chi connectivity index (χ2v) is 5.42. The van der Waals surface area contributed by atoms with Crippen LogP contribution < -0.4 is 10.2 Å². The third kappa shape index (κ3) is 3.00. The Kier molecular flexibility index (Phi) is 4.19. The number of likely N-dealkylation sites (N-methyl/N-ethyl adjacent to an activating group) is 1. The first-order chi connectivity index (χ1) is 8.58. The quantitative estimate of drug-likeness (QED) is 0.685. The Balaban J connectivity index is 2.09. The van der Waals surface area contributed by atoms with Gasteiger partial charge in [-0.2, -0.15) is 0 Å². The number of benzene rings is 1. The zero-order valence-electron chi connectivity index (χ0n) is 10.2. The maximum Gasteiger partial charge on any atom is 0.270 e. The van der Waals surface area contributed by atoms with Crippen molar-refractivity contribution in [1.82, 2.24) is 5.32 Å². The number of hydrogen-bond donors (Lipinski definition) is 1. The smallest absolute Gasteiger partial charge is 0.270 e. The van der Waals surface area contributed by atoms with Gasteiger partial charge in [0.1, 0.15) is 0 Å². The lowest BCUT2D eigenvalue weighted by atomic mass is 10.2. The third-order valence-corrected chi connectivity index (χ3v) is 3.85. The predicted molar refractivity (Wildman–Crippen MR) is 75.1 cm³/mol. The minimum Gasteiger partial charge on any atom is -0.372 e. The lowest BCUT2D eigenvalue weighted by Gasteiger charge is -2.24. The molecule has 1 aromatic rings. The number of halogens is 1. The summed E-state index contributed by atoms with van der Waals surface area (Å²) < 4.78 is 0.761. The Morgan fingerprint density at radius 3 is 2.94 bits per heavy atom. The van der Waals surface area contributed by atoms with Gasteiger partial charge < -0.3 is 10.2 Å². The normalized spacial score (nSPS) is 18.9. The first-order valence-corrected chi connectivity index (χ1v) is 6.75. The number of rotatable bonds is 4. The topological polar surface area (TPSA) is 58.4 Å². The predicted octanol–water partition coefficient (Wildman–Crippen LogP) is 2.55. The molecule has 0 amide bonds. The molecule has 1 heterocycles. The first kappa shape index (κ1) is 13.3. The fourth-order valence-electron chi connectivity index (χ4n) is 2.26. The summed E-state index contributed by atoms with van der Waals surface area (Å²) in [5, 5.41) is 14.1. The Morgan fingerprint density at radius 2 is 2.39 bits per heavy atom. The van der Waals surface area contributed by atoms with Crippen molar-refractivity contribution in [3.8, 4) is 0 Å². The lowest BCUT2D eigenvalue weighted by molar-refractivity contribution is -0.384. The summed E-state index contributed by atoms with van der Waals surface area (Å²) in [6.45, 7) is 2.00. The highest BCUT2D eigenvalue weighted by Crippen LogP contribution is 2.29. The third-order valence-electron chi connectivity index (χ3n) is 3.21. The molecule has 1 unspecified atom stereocenters. The van der Waals surface area contributed by atoms with Gasteiger partial charge in [-0.3, -0.25) is 10.1 Å². The molecule has 0 aliphatic carbocycles. The Hall–Kier alpha value is -1.14. The van der Waals surface area contributed by atoms with Crippen LogP contribution in [0.1, 0.15) is 12.8 Å². The number of non-ortho nitro benzene ring substituents is 1. The summed E-state index contributed by atoms with van der Waals surface area (Å²) in [6, 6.07) is 5.39. The second-order valence-electron chi connectivity index (χ2n) is 4.57. The fourth-order valence-corrected chi connectivity index (χ4v) is 2.93. The Labute approximate surface area is 114 Å². The van der Waals surface area contributed by atoms with Crippen LogP contribution in [0.2, 0.25) is 0 Å². The highest BCUT2D eigenvalue weighted by atomic mass is 79.9. The molecule has 0 bridgehead atoms. The van der Waals surface area contributed by atoms with Gasteiger partial charge in [0.25, 0.3) is 5.69 Å². The van der Waals surface area contributed by atoms with Gasteiger partial charge in [-0.1, -0.05) is 0 Å². The van der Waals surface area contributed by atoms with Crippen LogP contribution in [-0.4, -0.2) is 31.1 Å². The van der Waals surface area contributed by atoms with Gasteiger partial charge in [0, 0.05) is 36.2 Å². The molecule has 1 aliphatic heterocycles. The average Bonchev–Trinajstić information content (AvgIpc) is 2.81. The largest absolute Gasteiger partial charge is 0.372 e. The molecule has 1 atom stereocenters. The average molecular weight is 314 g/mol. The van der Waals surface area contributed by atoms with E-state index in [4.69, 9.17) is 0 Å². The summed E-state index contributed by atoms with van der Waals surface area (Å²) >= 11 is 3.40. The van der Waals surface area contributed by atoms with E-state index in [-0.39, 0.29) is 10.6 Å². The van der Waals surface area contributed by atoms with E-state index < -0.39 is 0 Å². The molecule has 1 aromatic carbocycles. The molecule has 1 N–H and O–H groups in total. The van der Waals surface area contributed by atoms with Crippen LogP contribution in [-0.2, 0) is 0 Å². The van der Waals surface area contributed by atoms with Gasteiger partial charge in [0.2, 0.25) is 0 Å². The molecule has 18 heavy (non-hydrogen) atoms. The van der Waals surface area contributed by atoms with Crippen LogP contribution in [0.4, 0.5) is 11.4 Å². The molecule has 0 radical (unpaired) electrons. The van der Waals surface area contributed by atoms with Crippen LogP contribution in [0.15, 0.2) is 22.7 Å². The molecule has 98 valence electrons. The van der Waals surface area contributed by atoms with Crippen LogP contribution in [0.5, 0.6) is 0 Å². The molecular formula is C12H16BrN3O2. The van der Waals surface area contributed by atoms with E-state index in [1.54, 1.807) is 18.2 Å². The molecular weight excluding hydrogens is 298 g/mol. The minimum absolute atomic E-state index is 0.109. The molecule has 1 fully saturated rings. The number of hydrogen-bond acceptors (Lipinski definition) is 4. The van der Waals surface area contributed by atoms with Crippen molar-refractivity contribution in [3.63, 3.8) is 0 Å². The van der Waals surface area contributed by atoms with Gasteiger partial charge in [-0.05, 0) is 41.4 Å². The van der Waals surface area contributed by atoms with Crippen LogP contribution in [0, 0.1) is 10.1 Å². The number of anilines is 1. The number of nitro groups is 1. The summed E-state index contributed by atoms with van der Waals surface area (Å²) in [5.41, 5.74) is 1.09. The zero-order valence-corrected chi connectivity index (χ0v) is 11.8. The molecule has 0 aromatic heterocycles. The van der Waals surface area contributed by atoms with Crippen molar-refractivity contribution in [3.05, 3.63) is 32.8 Å². The summed E-state index contributed by atoms with van der Waals surface area (Å²) in [5.74, 6) is 0. The molecule has 1 aliphatic rings. The van der Waals surface area contributed by atoms with E-state index >= 15 is 0 Å². The SMILES string of the molecule is CN(CC1CCCN1)c1ccc([N+](=O)[O-])cc1Br. The molecule has 1 saturated heterocycles. The van der Waals surface area contributed by atoms with E-state index in [0.29, 0.717) is 6.04 Å². The van der Waals surface area contributed by atoms with Crippen LogP contribution in [0.25, 0.3) is 0 Å². The maximum atomic E-state index is 10.7. The summed E-state index contributed by atoms with van der Waals surface area (Å²) in [7, 11) is 2.01. The summed E-state index contributed by atoms with van der Waals surface area (Å²) in [4.78, 5) is 12.4. The molecule has 2 rings (SSSR count). The van der Waals surface area contributed by atoms with Gasteiger partial charge in [-0.25, -0.2) is 0 Å². The van der Waals surface area contributed by atoms with Crippen molar-refractivity contribution in [2.24, 2.45) is 0 Å². The van der Waals surface area contributed by atoms with Gasteiger partial charge in [0.05, 0.1) is 10.6 Å². The highest BCUT2D eigenvalue weighted by Gasteiger charge is 2.18. The van der Waals surface area contributed by atoms with Gasteiger partial charge >= 0.3 is 0 Å². The van der Waals surface area contributed by atoms with E-state index in [1.807, 2.05) is 7.05 Å². The number of nitro benzene ring substituents is 1. The van der Waals surface area contributed by atoms with Crippen molar-refractivity contribution in [2.75, 3.05) is 25.0 Å². The fraction of sp³-hybridized carbons (Fsp3) is 0.500. The van der Waals surface area contributed by atoms with E-state index in [0.717, 1.165) is 23.2 Å². The van der Waals surface area contributed by atoms with E-state index in [9.17, 15) is 10.1 Å². The number of nitrogens with zero attached hydrogens (tertiary/aromatic N) is 2. The van der Waals surface area contributed by atoms with Crippen molar-refractivity contribution < 1.29 is 4.92 Å². The molecule has 6 heteroatoms. The summed E-state index contributed by atoms with van der Waals surface area (Å²) in [6.07, 6.45) is 2.41. The molecule has 5 nitrogen and oxygen atoms in total. The van der Waals surface area contributed by atoms with E-state index in [2.05, 4.69) is 26.1 Å². The van der Waals surface area contributed by atoms with E-state index in [1.165, 1.54) is 12.8 Å². The zero-order chi connectivity index (χ0) is 13.1. The Morgan fingerprint density at radius 1 is 1.61 bits per heavy atom. The number of nitrogens with one attached hydrogen (secondary N) is 1. The van der Waals surface area contributed by atoms with Crippen molar-refractivity contribution in [2.45, 2.75) is 18.9 Å². The van der Waals surface area contributed by atoms with Crippen LogP contribution >= 0.6 is 15.9 Å². The highest BCUT2D eigenvalue weighted by molar-refractivity contribution is 9.10. The Bertz CT molecular complexity index is 447. The molecule has 0 spiro atoms. The minimum atomic E-state index is -0.382. The monoisotopic (exact) mass is 313 g/mol. The van der Waals surface area contributed by atoms with Gasteiger partial charge in [-0.15, -0.1) is 0 Å².